The topological polar surface area (TPSA) is 34.1 Å². The number of ether oxygens (including phenoxy) is 1. The van der Waals surface area contributed by atoms with Crippen LogP contribution >= 0.6 is 23.2 Å². The van der Waals surface area contributed by atoms with Crippen LogP contribution in [0.5, 0.6) is 11.6 Å². The Hall–Kier alpha value is -1.29. The van der Waals surface area contributed by atoms with Crippen LogP contribution in [0.3, 0.4) is 0 Å². The van der Waals surface area contributed by atoms with E-state index in [-0.39, 0.29) is 0 Å². The highest BCUT2D eigenvalue weighted by molar-refractivity contribution is 6.32. The van der Waals surface area contributed by atoms with Crippen LogP contribution in [0.15, 0.2) is 36.5 Å². The number of hydrogen-bond acceptors (Lipinski definition) is 3. The maximum absolute atomic E-state index is 6.08. The summed E-state index contributed by atoms with van der Waals surface area (Å²) in [6, 6.07) is 9.08. The summed E-state index contributed by atoms with van der Waals surface area (Å²) in [5.41, 5.74) is 0.945. The van der Waals surface area contributed by atoms with Gasteiger partial charge in [-0.25, -0.2) is 4.98 Å². The average Bonchev–Trinajstić information content (AvgIpc) is 2.42. The first-order valence-corrected chi connectivity index (χ1v) is 6.74. The van der Waals surface area contributed by atoms with Gasteiger partial charge in [0, 0.05) is 18.8 Å². The highest BCUT2D eigenvalue weighted by Gasteiger charge is 2.07. The first-order valence-electron chi connectivity index (χ1n) is 5.98. The fourth-order valence-electron chi connectivity index (χ4n) is 1.55. The minimum absolute atomic E-state index is 0.477. The van der Waals surface area contributed by atoms with Gasteiger partial charge in [-0.2, -0.15) is 0 Å². The van der Waals surface area contributed by atoms with Gasteiger partial charge in [-0.05, 0) is 24.2 Å². The summed E-state index contributed by atoms with van der Waals surface area (Å²) in [7, 11) is 0. The highest BCUT2D eigenvalue weighted by atomic mass is 35.5. The fourth-order valence-corrected chi connectivity index (χ4v) is 1.89. The van der Waals surface area contributed by atoms with Crippen molar-refractivity contribution in [1.82, 2.24) is 10.3 Å². The summed E-state index contributed by atoms with van der Waals surface area (Å²) < 4.78 is 5.66. The fraction of sp³-hybridized carbons (Fsp3) is 0.214. The van der Waals surface area contributed by atoms with Crippen LogP contribution in [0.25, 0.3) is 0 Å². The van der Waals surface area contributed by atoms with Gasteiger partial charge in [0.1, 0.15) is 5.75 Å². The molecule has 1 aromatic heterocycles. The van der Waals surface area contributed by atoms with Gasteiger partial charge in [0.15, 0.2) is 0 Å². The summed E-state index contributed by atoms with van der Waals surface area (Å²) in [6.45, 7) is 3.59. The third-order valence-electron chi connectivity index (χ3n) is 2.53. The smallest absolute Gasteiger partial charge is 0.219 e. The Morgan fingerprint density at radius 3 is 2.74 bits per heavy atom. The van der Waals surface area contributed by atoms with E-state index in [0.29, 0.717) is 28.2 Å². The molecule has 5 heteroatoms. The van der Waals surface area contributed by atoms with E-state index in [0.717, 1.165) is 12.1 Å². The summed E-state index contributed by atoms with van der Waals surface area (Å²) in [4.78, 5) is 4.14. The van der Waals surface area contributed by atoms with Gasteiger partial charge in [0.2, 0.25) is 5.88 Å². The van der Waals surface area contributed by atoms with Crippen molar-refractivity contribution in [1.29, 1.82) is 0 Å². The second kappa shape index (κ2) is 6.75. The van der Waals surface area contributed by atoms with E-state index < -0.39 is 0 Å². The Morgan fingerprint density at radius 1 is 1.21 bits per heavy atom. The van der Waals surface area contributed by atoms with Crippen molar-refractivity contribution in [2.24, 2.45) is 0 Å². The first-order chi connectivity index (χ1) is 9.20. The summed E-state index contributed by atoms with van der Waals surface area (Å²) in [5.74, 6) is 1.05. The molecule has 2 aromatic rings. The SMILES string of the molecule is CCNCc1cc(Oc2ccccc2Cl)ncc1Cl. The van der Waals surface area contributed by atoms with Gasteiger partial charge in [-0.1, -0.05) is 42.3 Å². The third kappa shape index (κ3) is 3.83. The van der Waals surface area contributed by atoms with Crippen molar-refractivity contribution < 1.29 is 4.74 Å². The first kappa shape index (κ1) is 14.1. The standard InChI is InChI=1S/C14H14Cl2N2O/c1-2-17-8-10-7-14(18-9-12(10)16)19-13-6-4-3-5-11(13)15/h3-7,9,17H,2,8H2,1H3. The molecule has 1 heterocycles. The van der Waals surface area contributed by atoms with Gasteiger partial charge < -0.3 is 10.1 Å². The number of pyridine rings is 1. The van der Waals surface area contributed by atoms with Crippen LogP contribution in [0.1, 0.15) is 12.5 Å². The number of nitrogens with one attached hydrogen (secondary N) is 1. The molecule has 0 unspecified atom stereocenters. The zero-order valence-electron chi connectivity index (χ0n) is 10.5. The lowest BCUT2D eigenvalue weighted by atomic mass is 10.2. The molecule has 0 saturated carbocycles. The zero-order chi connectivity index (χ0) is 13.7. The molecule has 0 aliphatic heterocycles. The van der Waals surface area contributed by atoms with E-state index in [1.807, 2.05) is 25.1 Å². The molecule has 0 aliphatic carbocycles. The Kier molecular flexibility index (Phi) is 5.02. The Balaban J connectivity index is 2.19. The molecule has 0 fully saturated rings. The minimum atomic E-state index is 0.477. The largest absolute Gasteiger partial charge is 0.437 e. The molecule has 1 aromatic carbocycles. The van der Waals surface area contributed by atoms with Crippen molar-refractivity contribution in [2.75, 3.05) is 6.54 Å². The number of para-hydroxylation sites is 1. The number of rotatable bonds is 5. The van der Waals surface area contributed by atoms with Gasteiger partial charge in [0.05, 0.1) is 10.0 Å². The Labute approximate surface area is 122 Å². The normalized spacial score (nSPS) is 10.5. The Bertz CT molecular complexity index is 561. The molecule has 3 nitrogen and oxygen atoms in total. The lowest BCUT2D eigenvalue weighted by Gasteiger charge is -2.09. The van der Waals surface area contributed by atoms with E-state index in [2.05, 4.69) is 10.3 Å². The third-order valence-corrected chi connectivity index (χ3v) is 3.18. The van der Waals surface area contributed by atoms with E-state index >= 15 is 0 Å². The van der Waals surface area contributed by atoms with E-state index in [1.54, 1.807) is 18.3 Å². The van der Waals surface area contributed by atoms with Crippen LogP contribution in [0, 0.1) is 0 Å². The van der Waals surface area contributed by atoms with Crippen LogP contribution in [-0.2, 0) is 6.54 Å². The average molecular weight is 297 g/mol. The van der Waals surface area contributed by atoms with Crippen molar-refractivity contribution in [3.05, 3.63) is 52.1 Å². The van der Waals surface area contributed by atoms with Gasteiger partial charge in [0.25, 0.3) is 0 Å². The summed E-state index contributed by atoms with van der Waals surface area (Å²) in [5, 5.41) is 4.38. The number of hydrogen-bond donors (Lipinski definition) is 1. The molecule has 0 radical (unpaired) electrons. The van der Waals surface area contributed by atoms with Crippen LogP contribution in [0.4, 0.5) is 0 Å². The monoisotopic (exact) mass is 296 g/mol. The highest BCUT2D eigenvalue weighted by Crippen LogP contribution is 2.29. The van der Waals surface area contributed by atoms with Crippen molar-refractivity contribution in [3.63, 3.8) is 0 Å². The molecule has 0 atom stereocenters. The minimum Gasteiger partial charge on any atom is -0.437 e. The van der Waals surface area contributed by atoms with Crippen molar-refractivity contribution in [3.8, 4) is 11.6 Å². The summed E-state index contributed by atoms with van der Waals surface area (Å²) >= 11 is 12.1. The molecule has 1 N–H and O–H groups in total. The molecule has 0 saturated heterocycles. The maximum atomic E-state index is 6.08. The molecule has 0 bridgehead atoms. The predicted molar refractivity (Wildman–Crippen MR) is 78.2 cm³/mol. The van der Waals surface area contributed by atoms with Gasteiger partial charge >= 0.3 is 0 Å². The molecule has 19 heavy (non-hydrogen) atoms. The molecule has 100 valence electrons. The van der Waals surface area contributed by atoms with Gasteiger partial charge in [-0.15, -0.1) is 0 Å². The lowest BCUT2D eigenvalue weighted by Crippen LogP contribution is -2.12. The molecular weight excluding hydrogens is 283 g/mol. The number of halogens is 2. The quantitative estimate of drug-likeness (QED) is 0.894. The predicted octanol–water partition coefficient (Wildman–Crippen LogP) is 4.29. The second-order valence-corrected chi connectivity index (χ2v) is 4.74. The molecule has 0 amide bonds. The molecular formula is C14H14Cl2N2O. The number of benzene rings is 1. The van der Waals surface area contributed by atoms with E-state index in [4.69, 9.17) is 27.9 Å². The zero-order valence-corrected chi connectivity index (χ0v) is 12.0. The van der Waals surface area contributed by atoms with Gasteiger partial charge in [-0.3, -0.25) is 0 Å². The second-order valence-electron chi connectivity index (χ2n) is 3.93. The Morgan fingerprint density at radius 2 is 2.00 bits per heavy atom. The van der Waals surface area contributed by atoms with Crippen LogP contribution in [-0.4, -0.2) is 11.5 Å². The number of aromatic nitrogens is 1. The van der Waals surface area contributed by atoms with E-state index in [9.17, 15) is 0 Å². The van der Waals surface area contributed by atoms with Crippen molar-refractivity contribution in [2.45, 2.75) is 13.5 Å². The van der Waals surface area contributed by atoms with E-state index in [1.165, 1.54) is 0 Å². The summed E-state index contributed by atoms with van der Waals surface area (Å²) in [6.07, 6.45) is 1.58. The molecule has 0 spiro atoms. The van der Waals surface area contributed by atoms with Crippen LogP contribution < -0.4 is 10.1 Å². The molecule has 2 rings (SSSR count). The van der Waals surface area contributed by atoms with Crippen molar-refractivity contribution >= 4 is 23.2 Å². The van der Waals surface area contributed by atoms with Crippen LogP contribution in [0.2, 0.25) is 10.0 Å². The lowest BCUT2D eigenvalue weighted by molar-refractivity contribution is 0.462. The molecule has 0 aliphatic rings. The maximum Gasteiger partial charge on any atom is 0.219 e. The number of nitrogens with zero attached hydrogens (tertiary/aromatic N) is 1.